The molecule has 2 aromatic carbocycles. The van der Waals surface area contributed by atoms with Crippen molar-refractivity contribution in [2.75, 3.05) is 0 Å². The molecule has 0 aliphatic rings. The molecular formula is C14H6Cl4K2O6. The quantitative estimate of drug-likeness (QED) is 0.451. The summed E-state index contributed by atoms with van der Waals surface area (Å²) in [5.41, 5.74) is -0.965. The molecule has 128 valence electrons. The van der Waals surface area contributed by atoms with E-state index in [1.807, 2.05) is 0 Å². The number of hydrogen-bond donors (Lipinski definition) is 2. The first-order chi connectivity index (χ1) is 11.1. The summed E-state index contributed by atoms with van der Waals surface area (Å²) in [6.07, 6.45) is 0. The summed E-state index contributed by atoms with van der Waals surface area (Å²) >= 11 is 21.7. The molecule has 2 aromatic rings. The van der Waals surface area contributed by atoms with Gasteiger partial charge < -0.3 is 20.4 Å². The van der Waals surface area contributed by atoms with E-state index in [-0.39, 0.29) is 123 Å². The Labute approximate surface area is 253 Å². The fraction of sp³-hybridized carbons (Fsp3) is 0. The molecule has 2 N–H and O–H groups in total. The Bertz CT molecular complexity index is 749. The van der Waals surface area contributed by atoms with Crippen LogP contribution in [-0.4, -0.2) is 22.2 Å². The Kier molecular flexibility index (Phi) is 15.5. The molecule has 26 heavy (non-hydrogen) atoms. The molecule has 0 spiro atoms. The van der Waals surface area contributed by atoms with Crippen LogP contribution in [0.5, 0.6) is 11.5 Å². The van der Waals surface area contributed by atoms with Crippen molar-refractivity contribution in [1.29, 1.82) is 0 Å². The van der Waals surface area contributed by atoms with Crippen molar-refractivity contribution in [1.82, 2.24) is 0 Å². The minimum absolute atomic E-state index is 0. The average molecular weight is 490 g/mol. The second-order valence-corrected chi connectivity index (χ2v) is 5.71. The van der Waals surface area contributed by atoms with Crippen molar-refractivity contribution in [2.24, 2.45) is 0 Å². The van der Waals surface area contributed by atoms with Gasteiger partial charge in [-0.2, -0.15) is 0 Å². The van der Waals surface area contributed by atoms with Crippen LogP contribution in [0.4, 0.5) is 0 Å². The molecule has 0 saturated heterocycles. The summed E-state index contributed by atoms with van der Waals surface area (Å²) in [5.74, 6) is -4.24. The molecule has 0 aliphatic heterocycles. The van der Waals surface area contributed by atoms with Gasteiger partial charge in [0.15, 0.2) is 0 Å². The van der Waals surface area contributed by atoms with E-state index >= 15 is 0 Å². The molecule has 0 saturated carbocycles. The number of halogens is 4. The van der Waals surface area contributed by atoms with E-state index in [0.29, 0.717) is 0 Å². The second-order valence-electron chi connectivity index (χ2n) is 4.08. The van der Waals surface area contributed by atoms with Crippen LogP contribution in [0.2, 0.25) is 20.1 Å². The fourth-order valence-electron chi connectivity index (χ4n) is 1.46. The number of rotatable bonds is 2. The maximum absolute atomic E-state index is 11.0. The predicted molar refractivity (Wildman–Crippen MR) is 85.7 cm³/mol. The molecule has 0 heterocycles. The van der Waals surface area contributed by atoms with Gasteiger partial charge in [0.1, 0.15) is 0 Å². The van der Waals surface area contributed by atoms with Crippen molar-refractivity contribution >= 4 is 58.3 Å². The van der Waals surface area contributed by atoms with Crippen LogP contribution in [0.1, 0.15) is 20.7 Å². The Balaban J connectivity index is 0. The summed E-state index contributed by atoms with van der Waals surface area (Å²) in [6, 6.07) is 5.07. The SMILES string of the molecule is O=C(O)c1c(Cl)ccc(Cl)c1[O-].O=C(O)c1c(Cl)ccc(Cl)c1[O-].[K+].[K+]. The molecule has 2 rings (SSSR count). The number of benzene rings is 2. The van der Waals surface area contributed by atoms with Crippen molar-refractivity contribution in [3.05, 3.63) is 55.5 Å². The van der Waals surface area contributed by atoms with Gasteiger partial charge in [0.05, 0.1) is 21.2 Å². The average Bonchev–Trinajstić information content (AvgIpc) is 2.48. The molecule has 12 heteroatoms. The zero-order valence-electron chi connectivity index (χ0n) is 13.3. The van der Waals surface area contributed by atoms with E-state index < -0.39 is 34.6 Å². The van der Waals surface area contributed by atoms with Gasteiger partial charge in [-0.1, -0.05) is 57.9 Å². The van der Waals surface area contributed by atoms with Gasteiger partial charge in [-0.25, -0.2) is 9.59 Å². The maximum Gasteiger partial charge on any atom is 1.00 e. The van der Waals surface area contributed by atoms with E-state index in [4.69, 9.17) is 56.6 Å². The van der Waals surface area contributed by atoms with Gasteiger partial charge >= 0.3 is 115 Å². The topological polar surface area (TPSA) is 121 Å². The number of carboxylic acid groups (broad SMARTS) is 2. The fourth-order valence-corrected chi connectivity index (χ4v) is 2.24. The van der Waals surface area contributed by atoms with Crippen LogP contribution >= 0.6 is 46.4 Å². The molecular weight excluding hydrogens is 484 g/mol. The Morgan fingerprint density at radius 3 is 1.08 bits per heavy atom. The van der Waals surface area contributed by atoms with E-state index in [1.54, 1.807) is 0 Å². The smallest absolute Gasteiger partial charge is 0.871 e. The monoisotopic (exact) mass is 488 g/mol. The van der Waals surface area contributed by atoms with Crippen LogP contribution in [0.25, 0.3) is 0 Å². The standard InChI is InChI=1S/2C7H4Cl2O3.2K/c2*8-3-1-2-4(9)6(10)5(3)7(11)12;;/h2*1-2,10H,(H,11,12);;/q;;2*+1/p-2. The zero-order chi connectivity index (χ0) is 18.6. The number of aromatic carboxylic acids is 2. The summed E-state index contributed by atoms with van der Waals surface area (Å²) in [7, 11) is 0. The molecule has 0 bridgehead atoms. The van der Waals surface area contributed by atoms with Gasteiger partial charge in [-0.05, 0) is 24.3 Å². The molecule has 0 amide bonds. The minimum Gasteiger partial charge on any atom is -0.871 e. The summed E-state index contributed by atoms with van der Waals surface area (Å²) in [6.45, 7) is 0. The molecule has 0 aromatic heterocycles. The van der Waals surface area contributed by atoms with E-state index in [2.05, 4.69) is 0 Å². The third kappa shape index (κ3) is 8.04. The third-order valence-corrected chi connectivity index (χ3v) is 3.77. The van der Waals surface area contributed by atoms with Crippen LogP contribution in [-0.2, 0) is 0 Å². The van der Waals surface area contributed by atoms with Crippen LogP contribution in [0.15, 0.2) is 24.3 Å². The minimum atomic E-state index is -1.37. The predicted octanol–water partition coefficient (Wildman–Crippen LogP) is -2.46. The van der Waals surface area contributed by atoms with Gasteiger partial charge in [0.25, 0.3) is 0 Å². The third-order valence-electron chi connectivity index (χ3n) is 2.55. The Morgan fingerprint density at radius 1 is 0.654 bits per heavy atom. The summed E-state index contributed by atoms with van der Waals surface area (Å²) in [5, 5.41) is 38.6. The van der Waals surface area contributed by atoms with Crippen molar-refractivity contribution in [2.45, 2.75) is 0 Å². The van der Waals surface area contributed by atoms with Gasteiger partial charge in [0, 0.05) is 10.0 Å². The normalized spacial score (nSPS) is 9.08. The first kappa shape index (κ1) is 29.6. The molecule has 0 atom stereocenters. The number of carboxylic acids is 2. The largest absolute Gasteiger partial charge is 1.00 e. The summed E-state index contributed by atoms with van der Waals surface area (Å²) in [4.78, 5) is 20.9. The van der Waals surface area contributed by atoms with Gasteiger partial charge in [-0.15, -0.1) is 0 Å². The molecule has 0 unspecified atom stereocenters. The number of hydrogen-bond acceptors (Lipinski definition) is 4. The van der Waals surface area contributed by atoms with Crippen molar-refractivity contribution < 1.29 is 133 Å². The summed E-state index contributed by atoms with van der Waals surface area (Å²) < 4.78 is 0. The van der Waals surface area contributed by atoms with Crippen molar-refractivity contribution in [3.8, 4) is 11.5 Å². The first-order valence-corrected chi connectivity index (χ1v) is 7.35. The first-order valence-electron chi connectivity index (χ1n) is 5.84. The van der Waals surface area contributed by atoms with E-state index in [9.17, 15) is 19.8 Å². The second kappa shape index (κ2) is 13.6. The molecule has 0 fully saturated rings. The van der Waals surface area contributed by atoms with Crippen molar-refractivity contribution in [3.63, 3.8) is 0 Å². The zero-order valence-corrected chi connectivity index (χ0v) is 22.6. The molecule has 6 nitrogen and oxygen atoms in total. The maximum atomic E-state index is 11.0. The van der Waals surface area contributed by atoms with Crippen LogP contribution in [0.3, 0.4) is 0 Å². The van der Waals surface area contributed by atoms with Gasteiger partial charge in [0.2, 0.25) is 0 Å². The Hall–Kier alpha value is 1.41. The van der Waals surface area contributed by atoms with Crippen LogP contribution < -0.4 is 113 Å². The van der Waals surface area contributed by atoms with E-state index in [0.717, 1.165) is 0 Å². The van der Waals surface area contributed by atoms with E-state index in [1.165, 1.54) is 24.3 Å². The Morgan fingerprint density at radius 2 is 0.885 bits per heavy atom. The molecule has 0 radical (unpaired) electrons. The van der Waals surface area contributed by atoms with Gasteiger partial charge in [-0.3, -0.25) is 0 Å². The molecule has 0 aliphatic carbocycles. The number of carbonyl (C=O) groups is 2. The van der Waals surface area contributed by atoms with Crippen LogP contribution in [0, 0.1) is 0 Å².